The Morgan fingerprint density at radius 3 is 2.21 bits per heavy atom. The number of nitrogens with one attached hydrogen (secondary N) is 3. The quantitative estimate of drug-likeness (QED) is 0.451. The van der Waals surface area contributed by atoms with Crippen molar-refractivity contribution < 1.29 is 18.8 Å². The van der Waals surface area contributed by atoms with Crippen molar-refractivity contribution in [3.05, 3.63) is 93.8 Å². The summed E-state index contributed by atoms with van der Waals surface area (Å²) in [5.74, 6) is -2.12. The van der Waals surface area contributed by atoms with Gasteiger partial charge < -0.3 is 16.0 Å². The first-order valence-electron chi connectivity index (χ1n) is 10.2. The van der Waals surface area contributed by atoms with Crippen molar-refractivity contribution in [1.82, 2.24) is 5.32 Å². The van der Waals surface area contributed by atoms with Gasteiger partial charge in [-0.15, -0.1) is 0 Å². The van der Waals surface area contributed by atoms with Crippen LogP contribution >= 0.6 is 11.6 Å². The van der Waals surface area contributed by atoms with Crippen molar-refractivity contribution in [2.24, 2.45) is 0 Å². The summed E-state index contributed by atoms with van der Waals surface area (Å²) in [4.78, 5) is 37.9. The third-order valence-corrected chi connectivity index (χ3v) is 5.00. The van der Waals surface area contributed by atoms with E-state index in [0.717, 1.165) is 0 Å². The number of anilines is 2. The first kappa shape index (κ1) is 23.9. The average Bonchev–Trinajstić information content (AvgIpc) is 2.75. The molecule has 3 amide bonds. The molecule has 33 heavy (non-hydrogen) atoms. The van der Waals surface area contributed by atoms with Crippen LogP contribution in [0.2, 0.25) is 5.02 Å². The fourth-order valence-corrected chi connectivity index (χ4v) is 3.26. The van der Waals surface area contributed by atoms with Gasteiger partial charge in [-0.25, -0.2) is 4.39 Å². The molecule has 3 N–H and O–H groups in total. The largest absolute Gasteiger partial charge is 0.350 e. The molecule has 0 unspecified atom stereocenters. The Bertz CT molecular complexity index is 1230. The number of benzene rings is 3. The molecule has 0 aliphatic heterocycles. The van der Waals surface area contributed by atoms with Crippen LogP contribution in [0, 0.1) is 12.7 Å². The number of hydrogen-bond acceptors (Lipinski definition) is 3. The Kier molecular flexibility index (Phi) is 7.45. The first-order valence-corrected chi connectivity index (χ1v) is 10.6. The minimum Gasteiger partial charge on any atom is -0.350 e. The third-order valence-electron chi connectivity index (χ3n) is 4.76. The molecule has 3 aromatic rings. The highest BCUT2D eigenvalue weighted by atomic mass is 35.5. The molecule has 0 aliphatic rings. The molecule has 0 spiro atoms. The Morgan fingerprint density at radius 1 is 0.818 bits per heavy atom. The summed E-state index contributed by atoms with van der Waals surface area (Å²) in [6.07, 6.45) is 0. The van der Waals surface area contributed by atoms with Crippen molar-refractivity contribution in [3.8, 4) is 0 Å². The van der Waals surface area contributed by atoms with Crippen LogP contribution in [0.15, 0.2) is 60.7 Å². The maximum Gasteiger partial charge on any atom is 0.258 e. The number of carbonyl (C=O) groups is 3. The monoisotopic (exact) mass is 467 g/mol. The Hall–Kier alpha value is -3.71. The molecule has 8 heteroatoms. The van der Waals surface area contributed by atoms with E-state index >= 15 is 0 Å². The van der Waals surface area contributed by atoms with E-state index in [-0.39, 0.29) is 34.3 Å². The minimum atomic E-state index is -0.644. The fraction of sp³-hybridized carbons (Fsp3) is 0.160. The maximum absolute atomic E-state index is 13.9. The average molecular weight is 468 g/mol. The number of halogens is 2. The molecule has 3 aromatic carbocycles. The second-order valence-corrected chi connectivity index (χ2v) is 8.17. The van der Waals surface area contributed by atoms with Crippen LogP contribution in [0.25, 0.3) is 0 Å². The summed E-state index contributed by atoms with van der Waals surface area (Å²) in [7, 11) is 0. The number of aryl methyl sites for hydroxylation is 1. The van der Waals surface area contributed by atoms with Gasteiger partial charge in [-0.05, 0) is 68.8 Å². The van der Waals surface area contributed by atoms with Crippen LogP contribution in [0.3, 0.4) is 0 Å². The first-order chi connectivity index (χ1) is 15.7. The van der Waals surface area contributed by atoms with Gasteiger partial charge in [-0.1, -0.05) is 29.8 Å². The molecular weight excluding hydrogens is 445 g/mol. The zero-order valence-electron chi connectivity index (χ0n) is 18.3. The van der Waals surface area contributed by atoms with Crippen molar-refractivity contribution in [2.75, 3.05) is 10.6 Å². The van der Waals surface area contributed by atoms with Gasteiger partial charge in [0.15, 0.2) is 0 Å². The summed E-state index contributed by atoms with van der Waals surface area (Å²) >= 11 is 6.07. The zero-order valence-corrected chi connectivity index (χ0v) is 19.1. The smallest absolute Gasteiger partial charge is 0.258 e. The molecule has 170 valence electrons. The lowest BCUT2D eigenvalue weighted by Crippen LogP contribution is -2.31. The molecule has 0 saturated heterocycles. The molecule has 6 nitrogen and oxygen atoms in total. The van der Waals surface area contributed by atoms with E-state index in [4.69, 9.17) is 11.6 Å². The van der Waals surface area contributed by atoms with Crippen molar-refractivity contribution in [3.63, 3.8) is 0 Å². The van der Waals surface area contributed by atoms with Gasteiger partial charge in [0.05, 0.1) is 16.8 Å². The Balaban J connectivity index is 1.85. The molecule has 0 aromatic heterocycles. The highest BCUT2D eigenvalue weighted by Crippen LogP contribution is 2.24. The van der Waals surface area contributed by atoms with E-state index in [2.05, 4.69) is 16.0 Å². The van der Waals surface area contributed by atoms with Crippen LogP contribution in [0.1, 0.15) is 50.5 Å². The SMILES string of the molecule is Cc1ccc(C(=O)Nc2cc(Cl)ccc2C(=O)NC(C)C)cc1NC(=O)c1ccccc1F. The molecule has 0 heterocycles. The molecule has 0 bridgehead atoms. The minimum absolute atomic E-state index is 0.0885. The molecule has 0 radical (unpaired) electrons. The van der Waals surface area contributed by atoms with Crippen LogP contribution in [0.4, 0.5) is 15.8 Å². The van der Waals surface area contributed by atoms with E-state index in [1.807, 2.05) is 13.8 Å². The number of hydrogen-bond donors (Lipinski definition) is 3. The molecule has 0 saturated carbocycles. The Morgan fingerprint density at radius 2 is 1.52 bits per heavy atom. The number of carbonyl (C=O) groups excluding carboxylic acids is 3. The van der Waals surface area contributed by atoms with Gasteiger partial charge in [0.25, 0.3) is 17.7 Å². The van der Waals surface area contributed by atoms with Gasteiger partial charge >= 0.3 is 0 Å². The second-order valence-electron chi connectivity index (χ2n) is 7.74. The van der Waals surface area contributed by atoms with Gasteiger partial charge in [-0.2, -0.15) is 0 Å². The van der Waals surface area contributed by atoms with E-state index in [0.29, 0.717) is 16.3 Å². The lowest BCUT2D eigenvalue weighted by atomic mass is 10.1. The van der Waals surface area contributed by atoms with Gasteiger partial charge in [-0.3, -0.25) is 14.4 Å². The molecule has 3 rings (SSSR count). The topological polar surface area (TPSA) is 87.3 Å². The number of rotatable bonds is 6. The summed E-state index contributed by atoms with van der Waals surface area (Å²) < 4.78 is 13.9. The van der Waals surface area contributed by atoms with E-state index < -0.39 is 17.6 Å². The summed E-state index contributed by atoms with van der Waals surface area (Å²) in [5.41, 5.74) is 1.70. The van der Waals surface area contributed by atoms with Gasteiger partial charge in [0, 0.05) is 22.3 Å². The Labute approximate surface area is 196 Å². The molecule has 0 fully saturated rings. The van der Waals surface area contributed by atoms with E-state index in [1.165, 1.54) is 36.4 Å². The summed E-state index contributed by atoms with van der Waals surface area (Å²) in [5, 5.41) is 8.48. The van der Waals surface area contributed by atoms with Crippen LogP contribution < -0.4 is 16.0 Å². The normalized spacial score (nSPS) is 10.6. The zero-order chi connectivity index (χ0) is 24.1. The number of amides is 3. The van der Waals surface area contributed by atoms with Gasteiger partial charge in [0.1, 0.15) is 5.82 Å². The van der Waals surface area contributed by atoms with E-state index in [9.17, 15) is 18.8 Å². The second kappa shape index (κ2) is 10.3. The van der Waals surface area contributed by atoms with Gasteiger partial charge in [0.2, 0.25) is 0 Å². The van der Waals surface area contributed by atoms with Crippen molar-refractivity contribution in [2.45, 2.75) is 26.8 Å². The lowest BCUT2D eigenvalue weighted by molar-refractivity contribution is 0.0943. The van der Waals surface area contributed by atoms with E-state index in [1.54, 1.807) is 31.2 Å². The highest BCUT2D eigenvalue weighted by molar-refractivity contribution is 6.31. The fourth-order valence-electron chi connectivity index (χ4n) is 3.09. The predicted molar refractivity (Wildman–Crippen MR) is 128 cm³/mol. The predicted octanol–water partition coefficient (Wildman–Crippen LogP) is 5.43. The van der Waals surface area contributed by atoms with Crippen LogP contribution in [-0.4, -0.2) is 23.8 Å². The van der Waals surface area contributed by atoms with Crippen LogP contribution in [0.5, 0.6) is 0 Å². The third kappa shape index (κ3) is 5.96. The van der Waals surface area contributed by atoms with Crippen molar-refractivity contribution in [1.29, 1.82) is 0 Å². The maximum atomic E-state index is 13.9. The van der Waals surface area contributed by atoms with Crippen LogP contribution in [-0.2, 0) is 0 Å². The molecule has 0 atom stereocenters. The lowest BCUT2D eigenvalue weighted by Gasteiger charge is -2.15. The summed E-state index contributed by atoms with van der Waals surface area (Å²) in [6, 6.07) is 14.9. The summed E-state index contributed by atoms with van der Waals surface area (Å²) in [6.45, 7) is 5.41. The highest BCUT2D eigenvalue weighted by Gasteiger charge is 2.17. The molecule has 0 aliphatic carbocycles. The van der Waals surface area contributed by atoms with Crippen molar-refractivity contribution >= 4 is 40.7 Å². The standard InChI is InChI=1S/C25H23ClFN3O3/c1-14(2)28-25(33)19-11-10-17(26)13-22(19)30-23(31)16-9-8-15(3)21(12-16)29-24(32)18-6-4-5-7-20(18)27/h4-14H,1-3H3,(H,28,33)(H,29,32)(H,30,31). The molecular formula is C25H23ClFN3O3.